The Morgan fingerprint density at radius 2 is 0.891 bits per heavy atom. The normalized spacial score (nSPS) is 12.3. The van der Waals surface area contributed by atoms with Gasteiger partial charge >= 0.3 is 0 Å². The average molecular weight is 812 g/mol. The molecule has 1 aliphatic carbocycles. The van der Waals surface area contributed by atoms with Gasteiger partial charge < -0.3 is 0 Å². The molecule has 64 heavy (non-hydrogen) atoms. The fourth-order valence-electron chi connectivity index (χ4n) is 10.0. The van der Waals surface area contributed by atoms with Crippen LogP contribution in [0.3, 0.4) is 0 Å². The molecule has 1 unspecified atom stereocenters. The van der Waals surface area contributed by atoms with E-state index < -0.39 is 0 Å². The average Bonchev–Trinajstić information content (AvgIpc) is 4.18. The summed E-state index contributed by atoms with van der Waals surface area (Å²) in [5.74, 6) is 0.285. The third-order valence-corrected chi connectivity index (χ3v) is 13.5. The summed E-state index contributed by atoms with van der Waals surface area (Å²) >= 11 is 0. The second-order valence-electron chi connectivity index (χ2n) is 17.3. The minimum atomic E-state index is 0.285. The summed E-state index contributed by atoms with van der Waals surface area (Å²) in [6.45, 7) is 3.90. The van der Waals surface area contributed by atoms with Crippen molar-refractivity contribution >= 4 is 49.2 Å². The Bertz CT molecular complexity index is 3530. The van der Waals surface area contributed by atoms with Gasteiger partial charge in [0.05, 0.1) is 0 Å². The third kappa shape index (κ3) is 6.84. The predicted octanol–water partition coefficient (Wildman–Crippen LogP) is 16.7. The van der Waals surface area contributed by atoms with Crippen molar-refractivity contribution in [3.63, 3.8) is 0 Å². The molecule has 0 N–H and O–H groups in total. The van der Waals surface area contributed by atoms with Crippen LogP contribution >= 0.6 is 0 Å². The standard InChI is InChI=1S/C64H43/c1-2-42-17-23-45(24-18-42)46-29-31-47(32-30-46)48-33-35-49(36-34-48)53(39-43-19-25-51(26-20-43)55-13-7-15-57-54-10-4-3-9-50(54)37-38-60(55)57)40-44-21-27-52(28-22-44)56-14-8-16-61-58-11-5-6-12-59(58)62-41-63(62)64(56)61/h2-36,41,53H,1,39-40H2. The van der Waals surface area contributed by atoms with Crippen LogP contribution < -0.4 is 0 Å². The number of hydrogen-bond donors (Lipinski definition) is 0. The summed E-state index contributed by atoms with van der Waals surface area (Å²) in [5.41, 5.74) is 17.7. The lowest BCUT2D eigenvalue weighted by atomic mass is 9.85. The monoisotopic (exact) mass is 811 g/mol. The molecule has 0 heterocycles. The van der Waals surface area contributed by atoms with Crippen molar-refractivity contribution in [3.8, 4) is 44.5 Å². The Kier molecular flexibility index (Phi) is 9.28. The highest BCUT2D eigenvalue weighted by molar-refractivity contribution is 6.19. The number of benzene rings is 10. The van der Waals surface area contributed by atoms with E-state index in [2.05, 4.69) is 231 Å². The smallest absolute Gasteiger partial charge is 0.0406 e. The zero-order valence-corrected chi connectivity index (χ0v) is 35.5. The van der Waals surface area contributed by atoms with E-state index >= 15 is 0 Å². The van der Waals surface area contributed by atoms with Crippen LogP contribution in [0.1, 0.15) is 39.3 Å². The summed E-state index contributed by atoms with van der Waals surface area (Å²) in [5, 5.41) is 10.0. The topological polar surface area (TPSA) is 0 Å². The quantitative estimate of drug-likeness (QED) is 0.121. The van der Waals surface area contributed by atoms with E-state index in [1.54, 1.807) is 0 Å². The van der Waals surface area contributed by atoms with E-state index in [0.717, 1.165) is 29.2 Å². The van der Waals surface area contributed by atoms with Crippen molar-refractivity contribution in [2.45, 2.75) is 18.8 Å². The predicted molar refractivity (Wildman–Crippen MR) is 272 cm³/mol. The lowest BCUT2D eigenvalue weighted by Crippen LogP contribution is -2.07. The largest absolute Gasteiger partial charge is 0.0985 e. The molecule has 0 aromatic heterocycles. The molecule has 1 radical (unpaired) electrons. The van der Waals surface area contributed by atoms with E-state index in [1.807, 2.05) is 6.08 Å². The molecule has 299 valence electrons. The zero-order valence-electron chi connectivity index (χ0n) is 35.5. The first-order chi connectivity index (χ1) is 31.6. The van der Waals surface area contributed by atoms with Crippen LogP contribution in [0.5, 0.6) is 0 Å². The SMILES string of the molecule is C=Cc1ccc(-c2ccc(-c3ccc(C(Cc4ccc(-c5cccc6c5c#cc5ccccc56)cc4)Cc4ccc(-c5cccc6c5c5c(c7ccccc76)[CH]5)cc4)cc3)cc2)cc1. The summed E-state index contributed by atoms with van der Waals surface area (Å²) in [6.07, 6.45) is 6.10. The van der Waals surface area contributed by atoms with Crippen molar-refractivity contribution in [3.05, 3.63) is 265 Å². The molecule has 1 atom stereocenters. The molecule has 11 aromatic rings. The number of hydrogen-bond acceptors (Lipinski definition) is 0. The Morgan fingerprint density at radius 3 is 1.53 bits per heavy atom. The molecular weight excluding hydrogens is 769 g/mol. The van der Waals surface area contributed by atoms with Crippen molar-refractivity contribution in [1.82, 2.24) is 0 Å². The van der Waals surface area contributed by atoms with E-state index in [9.17, 15) is 0 Å². The van der Waals surface area contributed by atoms with Gasteiger partial charge in [0.25, 0.3) is 0 Å². The highest BCUT2D eigenvalue weighted by Crippen LogP contribution is 2.48. The minimum absolute atomic E-state index is 0.285. The summed E-state index contributed by atoms with van der Waals surface area (Å²) in [7, 11) is 0. The fraction of sp³-hybridized carbons (Fsp3) is 0.0469. The van der Waals surface area contributed by atoms with Gasteiger partial charge in [0.1, 0.15) is 0 Å². The Morgan fingerprint density at radius 1 is 0.391 bits per heavy atom. The first-order valence-corrected chi connectivity index (χ1v) is 22.3. The van der Waals surface area contributed by atoms with Crippen LogP contribution in [0, 0.1) is 18.6 Å². The van der Waals surface area contributed by atoms with E-state index in [0.29, 0.717) is 0 Å². The van der Waals surface area contributed by atoms with Crippen LogP contribution in [-0.2, 0) is 12.8 Å². The van der Waals surface area contributed by atoms with Crippen molar-refractivity contribution in [1.29, 1.82) is 0 Å². The maximum absolute atomic E-state index is 3.90. The van der Waals surface area contributed by atoms with Gasteiger partial charge in [-0.25, -0.2) is 0 Å². The van der Waals surface area contributed by atoms with E-state index in [4.69, 9.17) is 0 Å². The molecule has 11 aromatic carbocycles. The lowest BCUT2D eigenvalue weighted by molar-refractivity contribution is 0.680. The molecule has 0 amide bonds. The van der Waals surface area contributed by atoms with E-state index in [-0.39, 0.29) is 5.92 Å². The van der Waals surface area contributed by atoms with Gasteiger partial charge in [0, 0.05) is 17.2 Å². The summed E-state index contributed by atoms with van der Waals surface area (Å²) in [4.78, 5) is 0. The van der Waals surface area contributed by atoms with Crippen LogP contribution in [0.25, 0.3) is 93.7 Å². The zero-order chi connectivity index (χ0) is 42.6. The van der Waals surface area contributed by atoms with Gasteiger partial charge in [-0.3, -0.25) is 0 Å². The molecule has 0 nitrogen and oxygen atoms in total. The van der Waals surface area contributed by atoms with Gasteiger partial charge in [-0.15, -0.1) is 0 Å². The molecule has 0 spiro atoms. The molecule has 0 aliphatic heterocycles. The number of rotatable bonds is 10. The summed E-state index contributed by atoms with van der Waals surface area (Å²) in [6, 6.07) is 82.9. The Balaban J connectivity index is 0.851. The number of fused-ring (bicyclic) bond motifs is 9. The van der Waals surface area contributed by atoms with Crippen molar-refractivity contribution in [2.24, 2.45) is 0 Å². The van der Waals surface area contributed by atoms with Crippen LogP contribution in [0.4, 0.5) is 0 Å². The first kappa shape index (κ1) is 37.8. The second-order valence-corrected chi connectivity index (χ2v) is 17.3. The van der Waals surface area contributed by atoms with Crippen LogP contribution in [0.2, 0.25) is 0 Å². The lowest BCUT2D eigenvalue weighted by Gasteiger charge is -2.19. The maximum atomic E-state index is 3.90. The van der Waals surface area contributed by atoms with Gasteiger partial charge in [-0.05, 0) is 135 Å². The molecule has 12 rings (SSSR count). The Hall–Kier alpha value is -7.98. The third-order valence-electron chi connectivity index (χ3n) is 13.5. The first-order valence-electron chi connectivity index (χ1n) is 22.3. The molecule has 0 fully saturated rings. The molecule has 0 saturated heterocycles. The maximum Gasteiger partial charge on any atom is 0.0406 e. The second kappa shape index (κ2) is 15.7. The van der Waals surface area contributed by atoms with Crippen molar-refractivity contribution in [2.75, 3.05) is 0 Å². The fourth-order valence-corrected chi connectivity index (χ4v) is 10.0. The minimum Gasteiger partial charge on any atom is -0.0985 e. The van der Waals surface area contributed by atoms with Crippen LogP contribution in [-0.4, -0.2) is 0 Å². The Labute approximate surface area is 375 Å². The summed E-state index contributed by atoms with van der Waals surface area (Å²) < 4.78 is 0. The van der Waals surface area contributed by atoms with Crippen molar-refractivity contribution < 1.29 is 0 Å². The van der Waals surface area contributed by atoms with Gasteiger partial charge in [0.2, 0.25) is 0 Å². The molecule has 1 aliphatic rings. The highest BCUT2D eigenvalue weighted by Gasteiger charge is 2.27. The van der Waals surface area contributed by atoms with Gasteiger partial charge in [0.15, 0.2) is 0 Å². The molecular formula is C64H43. The highest BCUT2D eigenvalue weighted by atomic mass is 14.3. The van der Waals surface area contributed by atoms with Gasteiger partial charge in [-0.2, -0.15) is 0 Å². The molecule has 0 saturated carbocycles. The van der Waals surface area contributed by atoms with E-state index in [1.165, 1.54) is 105 Å². The van der Waals surface area contributed by atoms with Gasteiger partial charge in [-0.1, -0.05) is 225 Å². The molecule has 0 heteroatoms. The van der Waals surface area contributed by atoms with Crippen LogP contribution in [0.15, 0.2) is 213 Å². The molecule has 0 bridgehead atoms.